The second kappa shape index (κ2) is 8.45. The fourth-order valence-corrected chi connectivity index (χ4v) is 4.48. The molecule has 26 heavy (non-hydrogen) atoms. The van der Waals surface area contributed by atoms with Crippen LogP contribution < -0.4 is 10.6 Å². The normalized spacial score (nSPS) is 16.0. The molecule has 0 saturated carbocycles. The Morgan fingerprint density at radius 2 is 2.08 bits per heavy atom. The van der Waals surface area contributed by atoms with Gasteiger partial charge in [-0.2, -0.15) is 0 Å². The summed E-state index contributed by atoms with van der Waals surface area (Å²) in [5.74, 6) is 0.0737. The zero-order valence-corrected chi connectivity index (χ0v) is 15.6. The average molecular weight is 374 g/mol. The van der Waals surface area contributed by atoms with Gasteiger partial charge in [-0.3, -0.25) is 9.59 Å². The van der Waals surface area contributed by atoms with Crippen LogP contribution in [0.15, 0.2) is 29.6 Å². The smallest absolute Gasteiger partial charge is 0.252 e. The van der Waals surface area contributed by atoms with Crippen molar-refractivity contribution in [1.82, 2.24) is 10.6 Å². The highest BCUT2D eigenvalue weighted by molar-refractivity contribution is 7.10. The minimum absolute atomic E-state index is 0.0727. The van der Waals surface area contributed by atoms with E-state index >= 15 is 0 Å². The second-order valence-corrected chi connectivity index (χ2v) is 7.78. The molecule has 0 saturated heterocycles. The minimum atomic E-state index is -0.351. The van der Waals surface area contributed by atoms with Gasteiger partial charge in [0.2, 0.25) is 5.91 Å². The van der Waals surface area contributed by atoms with Gasteiger partial charge in [-0.15, -0.1) is 11.3 Å². The van der Waals surface area contributed by atoms with E-state index < -0.39 is 0 Å². The number of amides is 2. The van der Waals surface area contributed by atoms with E-state index in [4.69, 9.17) is 0 Å². The van der Waals surface area contributed by atoms with Gasteiger partial charge in [-0.05, 0) is 48.4 Å². The zero-order valence-electron chi connectivity index (χ0n) is 14.8. The van der Waals surface area contributed by atoms with Crippen molar-refractivity contribution in [3.63, 3.8) is 0 Å². The molecule has 1 aliphatic rings. The number of hydrogen-bond acceptors (Lipinski definition) is 3. The van der Waals surface area contributed by atoms with Gasteiger partial charge in [0.05, 0.1) is 12.0 Å². The molecule has 2 N–H and O–H groups in total. The maximum absolute atomic E-state index is 13.1. The number of carbonyl (C=O) groups is 2. The number of carbonyl (C=O) groups excluding carboxylic acids is 2. The third kappa shape index (κ3) is 4.69. The molecule has 2 aromatic rings. The van der Waals surface area contributed by atoms with Crippen molar-refractivity contribution in [3.05, 3.63) is 57.0 Å². The fraction of sp³-hybridized carbons (Fsp3) is 0.400. The Bertz CT molecular complexity index is 803. The lowest BCUT2D eigenvalue weighted by molar-refractivity contribution is -0.120. The van der Waals surface area contributed by atoms with Crippen LogP contribution in [0.25, 0.3) is 0 Å². The van der Waals surface area contributed by atoms with Crippen LogP contribution in [0.4, 0.5) is 4.39 Å². The highest BCUT2D eigenvalue weighted by atomic mass is 32.1. The quantitative estimate of drug-likeness (QED) is 0.764. The Kier molecular flexibility index (Phi) is 6.04. The predicted octanol–water partition coefficient (Wildman–Crippen LogP) is 3.10. The number of nitrogens with one attached hydrogen (secondary N) is 2. The summed E-state index contributed by atoms with van der Waals surface area (Å²) in [6, 6.07) is 5.99. The first kappa shape index (κ1) is 18.6. The molecule has 1 unspecified atom stereocenters. The van der Waals surface area contributed by atoms with Crippen LogP contribution in [-0.2, 0) is 24.1 Å². The van der Waals surface area contributed by atoms with Gasteiger partial charge >= 0.3 is 0 Å². The van der Waals surface area contributed by atoms with Crippen molar-refractivity contribution in [2.24, 2.45) is 5.92 Å². The molecule has 1 aromatic carbocycles. The number of hydrogen-bond donors (Lipinski definition) is 2. The Morgan fingerprint density at radius 1 is 1.27 bits per heavy atom. The van der Waals surface area contributed by atoms with Crippen LogP contribution in [0.5, 0.6) is 0 Å². The van der Waals surface area contributed by atoms with E-state index in [0.717, 1.165) is 24.8 Å². The topological polar surface area (TPSA) is 58.2 Å². The monoisotopic (exact) mass is 374 g/mol. The number of rotatable bonds is 6. The van der Waals surface area contributed by atoms with E-state index in [1.54, 1.807) is 23.5 Å². The first-order valence-electron chi connectivity index (χ1n) is 8.91. The van der Waals surface area contributed by atoms with E-state index in [1.807, 2.05) is 5.38 Å². The SMILES string of the molecule is CC1CCc2c(C(=O)NCCNC(=O)Cc3cccc(F)c3)csc2C1. The van der Waals surface area contributed by atoms with E-state index in [9.17, 15) is 14.0 Å². The molecule has 1 atom stereocenters. The highest BCUT2D eigenvalue weighted by Gasteiger charge is 2.22. The summed E-state index contributed by atoms with van der Waals surface area (Å²) in [5.41, 5.74) is 2.61. The minimum Gasteiger partial charge on any atom is -0.354 e. The molecule has 0 aliphatic heterocycles. The average Bonchev–Trinajstić information content (AvgIpc) is 3.01. The largest absolute Gasteiger partial charge is 0.354 e. The van der Waals surface area contributed by atoms with Crippen LogP contribution >= 0.6 is 11.3 Å². The van der Waals surface area contributed by atoms with Crippen molar-refractivity contribution in [3.8, 4) is 0 Å². The van der Waals surface area contributed by atoms with Crippen molar-refractivity contribution in [2.75, 3.05) is 13.1 Å². The van der Waals surface area contributed by atoms with Crippen molar-refractivity contribution >= 4 is 23.2 Å². The van der Waals surface area contributed by atoms with Gasteiger partial charge in [-0.25, -0.2) is 4.39 Å². The van der Waals surface area contributed by atoms with Gasteiger partial charge in [0.1, 0.15) is 5.82 Å². The number of benzene rings is 1. The molecule has 0 radical (unpaired) electrons. The van der Waals surface area contributed by atoms with Crippen LogP contribution in [0, 0.1) is 11.7 Å². The van der Waals surface area contributed by atoms with Crippen LogP contribution in [0.1, 0.15) is 39.7 Å². The number of halogens is 1. The molecule has 1 heterocycles. The Morgan fingerprint density at radius 3 is 2.88 bits per heavy atom. The molecular formula is C20H23FN2O2S. The lowest BCUT2D eigenvalue weighted by atomic mass is 9.88. The molecular weight excluding hydrogens is 351 g/mol. The predicted molar refractivity (Wildman–Crippen MR) is 101 cm³/mol. The molecule has 3 rings (SSSR count). The maximum atomic E-state index is 13.1. The zero-order chi connectivity index (χ0) is 18.5. The van der Waals surface area contributed by atoms with E-state index in [1.165, 1.54) is 22.6 Å². The summed E-state index contributed by atoms with van der Waals surface area (Å²) in [4.78, 5) is 25.6. The summed E-state index contributed by atoms with van der Waals surface area (Å²) in [5, 5.41) is 7.56. The third-order valence-electron chi connectivity index (χ3n) is 4.63. The summed E-state index contributed by atoms with van der Waals surface area (Å²) in [6.45, 7) is 2.97. The van der Waals surface area contributed by atoms with Gasteiger partial charge in [0.15, 0.2) is 0 Å². The molecule has 2 amide bonds. The van der Waals surface area contributed by atoms with Crippen molar-refractivity contribution < 1.29 is 14.0 Å². The van der Waals surface area contributed by atoms with Gasteiger partial charge in [-0.1, -0.05) is 19.1 Å². The van der Waals surface area contributed by atoms with Crippen LogP contribution in [-0.4, -0.2) is 24.9 Å². The lowest BCUT2D eigenvalue weighted by Crippen LogP contribution is -2.35. The molecule has 1 aliphatic carbocycles. The standard InChI is InChI=1S/C20H23FN2O2S/c1-13-5-6-16-17(12-26-18(16)9-13)20(25)23-8-7-22-19(24)11-14-3-2-4-15(21)10-14/h2-4,10,12-13H,5-9,11H2,1H3,(H,22,24)(H,23,25). The van der Waals surface area contributed by atoms with Gasteiger partial charge < -0.3 is 10.6 Å². The van der Waals surface area contributed by atoms with Gasteiger partial charge in [0.25, 0.3) is 5.91 Å². The highest BCUT2D eigenvalue weighted by Crippen LogP contribution is 2.32. The molecule has 0 fully saturated rings. The van der Waals surface area contributed by atoms with E-state index in [0.29, 0.717) is 24.6 Å². The Balaban J connectivity index is 1.42. The van der Waals surface area contributed by atoms with Gasteiger partial charge in [0, 0.05) is 23.3 Å². The number of fused-ring (bicyclic) bond motifs is 1. The van der Waals surface area contributed by atoms with Crippen molar-refractivity contribution in [1.29, 1.82) is 0 Å². The second-order valence-electron chi connectivity index (χ2n) is 6.81. The third-order valence-corrected chi connectivity index (χ3v) is 5.68. The number of thiophene rings is 1. The molecule has 138 valence electrons. The summed E-state index contributed by atoms with van der Waals surface area (Å²) >= 11 is 1.67. The van der Waals surface area contributed by atoms with E-state index in [2.05, 4.69) is 17.6 Å². The maximum Gasteiger partial charge on any atom is 0.252 e. The Hall–Kier alpha value is -2.21. The first-order chi connectivity index (χ1) is 12.5. The van der Waals surface area contributed by atoms with E-state index in [-0.39, 0.29) is 24.1 Å². The molecule has 6 heteroatoms. The van der Waals surface area contributed by atoms with Crippen LogP contribution in [0.2, 0.25) is 0 Å². The van der Waals surface area contributed by atoms with Crippen molar-refractivity contribution in [2.45, 2.75) is 32.6 Å². The summed E-state index contributed by atoms with van der Waals surface area (Å²) in [6.07, 6.45) is 3.28. The summed E-state index contributed by atoms with van der Waals surface area (Å²) < 4.78 is 13.1. The lowest BCUT2D eigenvalue weighted by Gasteiger charge is -2.18. The fourth-order valence-electron chi connectivity index (χ4n) is 3.24. The molecule has 1 aromatic heterocycles. The van der Waals surface area contributed by atoms with Crippen LogP contribution in [0.3, 0.4) is 0 Å². The summed E-state index contributed by atoms with van der Waals surface area (Å²) in [7, 11) is 0. The molecule has 0 spiro atoms. The Labute approximate surface area is 156 Å². The first-order valence-corrected chi connectivity index (χ1v) is 9.79. The molecule has 0 bridgehead atoms. The molecule has 4 nitrogen and oxygen atoms in total.